The molecule has 2 aromatic rings. The third-order valence-corrected chi connectivity index (χ3v) is 7.74. The average Bonchev–Trinajstić information content (AvgIpc) is 3.56. The van der Waals surface area contributed by atoms with E-state index in [0.29, 0.717) is 11.3 Å². The first-order valence-electron chi connectivity index (χ1n) is 12.1. The molecule has 0 amide bonds. The molecule has 0 aliphatic heterocycles. The summed E-state index contributed by atoms with van der Waals surface area (Å²) in [5.41, 5.74) is 4.18. The number of ether oxygens (including phenoxy) is 1. The molecular weight excluding hydrogens is 545 g/mol. The van der Waals surface area contributed by atoms with E-state index >= 15 is 4.39 Å². The van der Waals surface area contributed by atoms with Gasteiger partial charge in [-0.05, 0) is 68.5 Å². The summed E-state index contributed by atoms with van der Waals surface area (Å²) in [7, 11) is 0. The van der Waals surface area contributed by atoms with Crippen LogP contribution >= 0.6 is 11.6 Å². The van der Waals surface area contributed by atoms with Gasteiger partial charge in [-0.15, -0.1) is 5.10 Å². The Labute approximate surface area is 233 Å². The molecule has 3 atom stereocenters. The number of nitrogens with two attached hydrogens (primary N) is 1. The highest BCUT2D eigenvalue weighted by Gasteiger charge is 2.43. The van der Waals surface area contributed by atoms with Crippen molar-refractivity contribution in [2.24, 2.45) is 0 Å². The fourth-order valence-electron chi connectivity index (χ4n) is 4.37. The van der Waals surface area contributed by atoms with Gasteiger partial charge in [0.1, 0.15) is 18.0 Å². The van der Waals surface area contributed by atoms with E-state index in [-0.39, 0.29) is 51.9 Å². The van der Waals surface area contributed by atoms with Crippen LogP contribution in [0.3, 0.4) is 0 Å². The SMILES string of the molecule is C=C(C)C(F)(C=CC)c1cc(Nc2n[nH]c(N)n2)cc(Cl)c1C1C=CC(OCNC2(C#N)CC2)=C(S(=O)O)C1. The maximum absolute atomic E-state index is 16.7. The summed E-state index contributed by atoms with van der Waals surface area (Å²) in [6.07, 6.45) is 7.79. The van der Waals surface area contributed by atoms with Crippen LogP contribution in [0, 0.1) is 11.3 Å². The molecule has 0 spiro atoms. The smallest absolute Gasteiger partial charge is 0.248 e. The lowest BCUT2D eigenvalue weighted by molar-refractivity contribution is 0.186. The number of hydrogen-bond donors (Lipinski definition) is 5. The summed E-state index contributed by atoms with van der Waals surface area (Å²) >= 11 is 4.41. The van der Waals surface area contributed by atoms with E-state index in [2.05, 4.69) is 38.5 Å². The number of aromatic nitrogens is 3. The van der Waals surface area contributed by atoms with Gasteiger partial charge in [-0.25, -0.2) is 13.7 Å². The Morgan fingerprint density at radius 3 is 2.85 bits per heavy atom. The third-order valence-electron chi connectivity index (χ3n) is 6.64. The van der Waals surface area contributed by atoms with Crippen molar-refractivity contribution in [3.63, 3.8) is 0 Å². The van der Waals surface area contributed by atoms with Gasteiger partial charge in [0.2, 0.25) is 11.9 Å². The number of anilines is 3. The van der Waals surface area contributed by atoms with Crippen molar-refractivity contribution in [3.8, 4) is 6.07 Å². The van der Waals surface area contributed by atoms with Gasteiger partial charge < -0.3 is 20.3 Å². The standard InChI is InChI=1S/C26H29ClFN7O3S/c1-4-7-26(28,15(2)3)18-11-17(32-24-33-23(30)34-35-24)12-19(27)22(18)16-5-6-20(21(10-16)39(36)37)38-14-31-25(13-29)8-9-25/h4-7,11-12,16,31H,2,8-10,14H2,1,3H3,(H,36,37)(H4,30,32,33,34,35). The van der Waals surface area contributed by atoms with E-state index in [1.807, 2.05) is 0 Å². The molecule has 39 heavy (non-hydrogen) atoms. The van der Waals surface area contributed by atoms with Crippen molar-refractivity contribution in [2.75, 3.05) is 17.8 Å². The zero-order chi connectivity index (χ0) is 28.4. The number of nitrogen functional groups attached to an aromatic ring is 1. The number of benzene rings is 1. The number of halogens is 2. The first-order valence-corrected chi connectivity index (χ1v) is 13.6. The van der Waals surface area contributed by atoms with Crippen LogP contribution in [0.1, 0.15) is 50.2 Å². The molecule has 3 unspecified atom stereocenters. The van der Waals surface area contributed by atoms with Gasteiger partial charge in [0, 0.05) is 22.2 Å². The second-order valence-electron chi connectivity index (χ2n) is 9.45. The quantitative estimate of drug-likeness (QED) is 0.138. The number of nitrogens with zero attached hydrogens (tertiary/aromatic N) is 3. The number of nitriles is 1. The molecule has 6 N–H and O–H groups in total. The van der Waals surface area contributed by atoms with Gasteiger partial charge in [-0.3, -0.25) is 5.32 Å². The van der Waals surface area contributed by atoms with Gasteiger partial charge in [-0.1, -0.05) is 30.3 Å². The molecule has 2 aliphatic rings. The first-order chi connectivity index (χ1) is 18.5. The lowest BCUT2D eigenvalue weighted by atomic mass is 9.79. The van der Waals surface area contributed by atoms with Crippen LogP contribution in [0.4, 0.5) is 22.0 Å². The normalized spacial score (nSPS) is 20.4. The lowest BCUT2D eigenvalue weighted by Crippen LogP contribution is -2.31. The van der Waals surface area contributed by atoms with E-state index in [9.17, 15) is 14.0 Å². The van der Waals surface area contributed by atoms with Crippen LogP contribution in [0.5, 0.6) is 0 Å². The summed E-state index contributed by atoms with van der Waals surface area (Å²) in [4.78, 5) is 4.14. The van der Waals surface area contributed by atoms with Crippen molar-refractivity contribution in [2.45, 2.75) is 50.2 Å². The predicted octanol–water partition coefficient (Wildman–Crippen LogP) is 5.20. The number of alkyl halides is 1. The molecule has 1 aromatic carbocycles. The molecule has 1 saturated carbocycles. The van der Waals surface area contributed by atoms with Gasteiger partial charge in [0.05, 0.1) is 11.0 Å². The van der Waals surface area contributed by atoms with Crippen LogP contribution in [0.2, 0.25) is 5.02 Å². The Morgan fingerprint density at radius 1 is 1.54 bits per heavy atom. The lowest BCUT2D eigenvalue weighted by Gasteiger charge is -2.31. The predicted molar refractivity (Wildman–Crippen MR) is 149 cm³/mol. The summed E-state index contributed by atoms with van der Waals surface area (Å²) in [5, 5.41) is 21.9. The Hall–Kier alpha value is -3.50. The molecule has 206 valence electrons. The van der Waals surface area contributed by atoms with Crippen LogP contribution in [0.15, 0.2) is 59.3 Å². The number of nitrogens with one attached hydrogen (secondary N) is 3. The van der Waals surface area contributed by atoms with Crippen molar-refractivity contribution >= 4 is 40.3 Å². The number of hydrogen-bond acceptors (Lipinski definition) is 8. The summed E-state index contributed by atoms with van der Waals surface area (Å²) < 4.78 is 44.8. The number of H-pyrrole nitrogens is 1. The minimum absolute atomic E-state index is 0.00125. The topological polar surface area (TPSA) is 162 Å². The molecule has 0 saturated heterocycles. The second kappa shape index (κ2) is 11.3. The van der Waals surface area contributed by atoms with Gasteiger partial charge in [0.15, 0.2) is 16.7 Å². The maximum Gasteiger partial charge on any atom is 0.248 e. The van der Waals surface area contributed by atoms with Gasteiger partial charge in [-0.2, -0.15) is 10.2 Å². The van der Waals surface area contributed by atoms with Crippen molar-refractivity contribution < 1.29 is 17.9 Å². The summed E-state index contributed by atoms with van der Waals surface area (Å²) in [5.74, 6) is -0.0636. The Morgan fingerprint density at radius 2 is 2.28 bits per heavy atom. The molecule has 1 aromatic heterocycles. The fourth-order valence-corrected chi connectivity index (χ4v) is 5.35. The average molecular weight is 574 g/mol. The molecule has 10 nitrogen and oxygen atoms in total. The number of allylic oxidation sites excluding steroid dienone is 6. The van der Waals surface area contributed by atoms with Crippen molar-refractivity contribution in [3.05, 3.63) is 75.4 Å². The molecule has 2 aliphatic carbocycles. The molecular formula is C26H29ClFN7O3S. The first kappa shape index (κ1) is 28.5. The molecule has 1 fully saturated rings. The molecule has 0 bridgehead atoms. The second-order valence-corrected chi connectivity index (χ2v) is 10.8. The Kier molecular flexibility index (Phi) is 8.27. The highest BCUT2D eigenvalue weighted by Crippen LogP contribution is 2.47. The van der Waals surface area contributed by atoms with Crippen LogP contribution in [-0.2, 0) is 21.5 Å². The van der Waals surface area contributed by atoms with E-state index in [0.717, 1.165) is 12.8 Å². The third kappa shape index (κ3) is 6.07. The van der Waals surface area contributed by atoms with Crippen LogP contribution in [-0.4, -0.2) is 36.2 Å². The minimum Gasteiger partial charge on any atom is -0.477 e. The summed E-state index contributed by atoms with van der Waals surface area (Å²) in [6, 6.07) is 5.39. The van der Waals surface area contributed by atoms with Crippen LogP contribution < -0.4 is 16.4 Å². The Balaban J connectivity index is 1.71. The van der Waals surface area contributed by atoms with Crippen LogP contribution in [0.25, 0.3) is 0 Å². The van der Waals surface area contributed by atoms with Crippen molar-refractivity contribution in [1.29, 1.82) is 5.26 Å². The van der Waals surface area contributed by atoms with E-state index < -0.39 is 28.2 Å². The van der Waals surface area contributed by atoms with E-state index in [4.69, 9.17) is 22.1 Å². The zero-order valence-electron chi connectivity index (χ0n) is 21.4. The monoisotopic (exact) mass is 573 g/mol. The number of aromatic amines is 1. The largest absolute Gasteiger partial charge is 0.477 e. The molecule has 13 heteroatoms. The Bertz CT molecular complexity index is 1440. The van der Waals surface area contributed by atoms with E-state index in [1.54, 1.807) is 44.2 Å². The van der Waals surface area contributed by atoms with E-state index in [1.165, 1.54) is 6.08 Å². The minimum atomic E-state index is -2.36. The summed E-state index contributed by atoms with van der Waals surface area (Å²) in [6.45, 7) is 7.15. The highest BCUT2D eigenvalue weighted by molar-refractivity contribution is 7.83. The van der Waals surface area contributed by atoms with Crippen molar-refractivity contribution in [1.82, 2.24) is 20.5 Å². The van der Waals surface area contributed by atoms with Gasteiger partial charge >= 0.3 is 0 Å². The number of rotatable bonds is 11. The highest BCUT2D eigenvalue weighted by atomic mass is 35.5. The maximum atomic E-state index is 16.7. The molecule has 4 rings (SSSR count). The van der Waals surface area contributed by atoms with Gasteiger partial charge in [0.25, 0.3) is 0 Å². The molecule has 0 radical (unpaired) electrons. The molecule has 1 heterocycles. The fraction of sp³-hybridized carbons (Fsp3) is 0.346. The zero-order valence-corrected chi connectivity index (χ0v) is 23.0.